The fraction of sp³-hybridized carbons (Fsp3) is 0.176. The average molecular weight is 268 g/mol. The van der Waals surface area contributed by atoms with Crippen LogP contribution in [0.25, 0.3) is 0 Å². The summed E-state index contributed by atoms with van der Waals surface area (Å²) in [5, 5.41) is 9.19. The van der Waals surface area contributed by atoms with Crippen LogP contribution >= 0.6 is 0 Å². The van der Waals surface area contributed by atoms with Crippen molar-refractivity contribution in [2.24, 2.45) is 0 Å². The fourth-order valence-corrected chi connectivity index (χ4v) is 2.54. The van der Waals surface area contributed by atoms with Crippen LogP contribution in [0.4, 0.5) is 0 Å². The smallest absolute Gasteiger partial charge is 0.336 e. The van der Waals surface area contributed by atoms with E-state index in [1.807, 2.05) is 32.9 Å². The number of carbonyl (C=O) groups is 2. The molecule has 0 amide bonds. The predicted octanol–water partition coefficient (Wildman–Crippen LogP) is 3.54. The first kappa shape index (κ1) is 14.0. The molecule has 2 aromatic carbocycles. The van der Waals surface area contributed by atoms with Crippen LogP contribution in [0.3, 0.4) is 0 Å². The predicted molar refractivity (Wildman–Crippen MR) is 77.5 cm³/mol. The maximum absolute atomic E-state index is 12.7. The van der Waals surface area contributed by atoms with Crippen molar-refractivity contribution >= 4 is 11.8 Å². The van der Waals surface area contributed by atoms with Gasteiger partial charge in [-0.3, -0.25) is 4.79 Å². The van der Waals surface area contributed by atoms with Gasteiger partial charge in [-0.05, 0) is 38.0 Å². The highest BCUT2D eigenvalue weighted by Gasteiger charge is 2.20. The van der Waals surface area contributed by atoms with Gasteiger partial charge in [0.25, 0.3) is 0 Å². The second-order valence-corrected chi connectivity index (χ2v) is 4.95. The molecule has 0 unspecified atom stereocenters. The first-order valence-corrected chi connectivity index (χ1v) is 6.36. The van der Waals surface area contributed by atoms with Crippen LogP contribution in [0.1, 0.15) is 43.0 Å². The van der Waals surface area contributed by atoms with Gasteiger partial charge in [-0.1, -0.05) is 35.9 Å². The average Bonchev–Trinajstić information content (AvgIpc) is 2.37. The van der Waals surface area contributed by atoms with Crippen molar-refractivity contribution in [2.75, 3.05) is 0 Å². The van der Waals surface area contributed by atoms with Gasteiger partial charge >= 0.3 is 5.97 Å². The van der Waals surface area contributed by atoms with E-state index < -0.39 is 5.97 Å². The molecule has 3 heteroatoms. The number of aryl methyl sites for hydroxylation is 3. The number of carboxylic acids is 1. The fourth-order valence-electron chi connectivity index (χ4n) is 2.54. The van der Waals surface area contributed by atoms with Crippen LogP contribution in [0.2, 0.25) is 0 Å². The number of hydrogen-bond donors (Lipinski definition) is 1. The van der Waals surface area contributed by atoms with E-state index in [0.717, 1.165) is 16.7 Å². The molecule has 102 valence electrons. The summed E-state index contributed by atoms with van der Waals surface area (Å²) in [6, 6.07) is 10.2. The van der Waals surface area contributed by atoms with Crippen LogP contribution in [-0.4, -0.2) is 16.9 Å². The molecule has 0 saturated carbocycles. The Balaban J connectivity index is 2.61. The number of ketones is 1. The van der Waals surface area contributed by atoms with Crippen LogP contribution in [0, 0.1) is 20.8 Å². The maximum Gasteiger partial charge on any atom is 0.336 e. The van der Waals surface area contributed by atoms with Crippen molar-refractivity contribution in [1.29, 1.82) is 0 Å². The summed E-state index contributed by atoms with van der Waals surface area (Å²) in [6.07, 6.45) is 0. The molecule has 0 aliphatic carbocycles. The second-order valence-electron chi connectivity index (χ2n) is 4.95. The normalized spacial score (nSPS) is 10.3. The Morgan fingerprint density at radius 3 is 1.90 bits per heavy atom. The molecule has 0 aliphatic rings. The number of hydrogen-bond acceptors (Lipinski definition) is 2. The lowest BCUT2D eigenvalue weighted by Gasteiger charge is -2.11. The first-order valence-electron chi connectivity index (χ1n) is 6.36. The standard InChI is InChI=1S/C17H16O3/c1-10-8-11(2)15(12(3)9-10)16(18)13-6-4-5-7-14(13)17(19)20/h4-9H,1-3H3,(H,19,20). The molecule has 2 rings (SSSR count). The van der Waals surface area contributed by atoms with Gasteiger partial charge in [-0.2, -0.15) is 0 Å². The van der Waals surface area contributed by atoms with Gasteiger partial charge in [0, 0.05) is 11.1 Å². The molecule has 0 fully saturated rings. The molecule has 0 heterocycles. The Morgan fingerprint density at radius 1 is 0.900 bits per heavy atom. The SMILES string of the molecule is Cc1cc(C)c(C(=O)c2ccccc2C(=O)O)c(C)c1. The van der Waals surface area contributed by atoms with Gasteiger partial charge in [-0.25, -0.2) is 4.79 Å². The monoisotopic (exact) mass is 268 g/mol. The Bertz CT molecular complexity index is 676. The number of rotatable bonds is 3. The van der Waals surface area contributed by atoms with Crippen LogP contribution in [0.15, 0.2) is 36.4 Å². The van der Waals surface area contributed by atoms with Crippen molar-refractivity contribution < 1.29 is 14.7 Å². The molecule has 2 aromatic rings. The number of benzene rings is 2. The van der Waals surface area contributed by atoms with E-state index in [4.69, 9.17) is 0 Å². The van der Waals surface area contributed by atoms with Gasteiger partial charge in [0.05, 0.1) is 5.56 Å². The van der Waals surface area contributed by atoms with Crippen LogP contribution in [-0.2, 0) is 0 Å². The molecule has 0 atom stereocenters. The molecule has 0 bridgehead atoms. The van der Waals surface area contributed by atoms with Crippen molar-refractivity contribution in [3.63, 3.8) is 0 Å². The molecule has 1 N–H and O–H groups in total. The zero-order valence-electron chi connectivity index (χ0n) is 11.7. The molecular weight excluding hydrogens is 252 g/mol. The summed E-state index contributed by atoms with van der Waals surface area (Å²) in [4.78, 5) is 23.9. The third-order valence-corrected chi connectivity index (χ3v) is 3.31. The number of carboxylic acid groups (broad SMARTS) is 1. The molecule has 0 spiro atoms. The largest absolute Gasteiger partial charge is 0.478 e. The van der Waals surface area contributed by atoms with E-state index in [-0.39, 0.29) is 16.9 Å². The number of carbonyl (C=O) groups excluding carboxylic acids is 1. The van der Waals surface area contributed by atoms with E-state index in [1.54, 1.807) is 18.2 Å². The minimum absolute atomic E-state index is 0.0388. The number of aromatic carboxylic acids is 1. The van der Waals surface area contributed by atoms with Crippen molar-refractivity contribution in [3.8, 4) is 0 Å². The summed E-state index contributed by atoms with van der Waals surface area (Å²) in [5.41, 5.74) is 3.68. The minimum atomic E-state index is -1.09. The summed E-state index contributed by atoms with van der Waals surface area (Å²) in [7, 11) is 0. The third kappa shape index (κ3) is 2.48. The zero-order valence-corrected chi connectivity index (χ0v) is 11.7. The molecule has 0 aliphatic heterocycles. The van der Waals surface area contributed by atoms with Crippen molar-refractivity contribution in [3.05, 3.63) is 69.8 Å². The van der Waals surface area contributed by atoms with Crippen molar-refractivity contribution in [2.45, 2.75) is 20.8 Å². The third-order valence-electron chi connectivity index (χ3n) is 3.31. The van der Waals surface area contributed by atoms with Crippen LogP contribution < -0.4 is 0 Å². The summed E-state index contributed by atoms with van der Waals surface area (Å²) < 4.78 is 0. The lowest BCUT2D eigenvalue weighted by Crippen LogP contribution is -2.12. The van der Waals surface area contributed by atoms with E-state index in [9.17, 15) is 14.7 Å². The zero-order chi connectivity index (χ0) is 14.9. The lowest BCUT2D eigenvalue weighted by molar-refractivity contribution is 0.0692. The molecule has 20 heavy (non-hydrogen) atoms. The molecule has 0 saturated heterocycles. The van der Waals surface area contributed by atoms with E-state index in [0.29, 0.717) is 5.56 Å². The topological polar surface area (TPSA) is 54.4 Å². The maximum atomic E-state index is 12.7. The molecule has 3 nitrogen and oxygen atoms in total. The first-order chi connectivity index (χ1) is 9.41. The van der Waals surface area contributed by atoms with Gasteiger partial charge in [0.1, 0.15) is 0 Å². The highest BCUT2D eigenvalue weighted by atomic mass is 16.4. The Kier molecular flexibility index (Phi) is 3.70. The summed E-state index contributed by atoms with van der Waals surface area (Å²) in [5.74, 6) is -1.32. The quantitative estimate of drug-likeness (QED) is 0.866. The van der Waals surface area contributed by atoms with Gasteiger partial charge in [0.15, 0.2) is 5.78 Å². The van der Waals surface area contributed by atoms with E-state index >= 15 is 0 Å². The highest BCUT2D eigenvalue weighted by Crippen LogP contribution is 2.22. The summed E-state index contributed by atoms with van der Waals surface area (Å²) >= 11 is 0. The lowest BCUT2D eigenvalue weighted by atomic mass is 9.91. The Labute approximate surface area is 117 Å². The van der Waals surface area contributed by atoms with Crippen molar-refractivity contribution in [1.82, 2.24) is 0 Å². The molecule has 0 radical (unpaired) electrons. The van der Waals surface area contributed by atoms with E-state index in [2.05, 4.69) is 0 Å². The van der Waals surface area contributed by atoms with Crippen LogP contribution in [0.5, 0.6) is 0 Å². The second kappa shape index (κ2) is 5.29. The molecular formula is C17H16O3. The summed E-state index contributed by atoms with van der Waals surface area (Å²) in [6.45, 7) is 5.71. The van der Waals surface area contributed by atoms with Gasteiger partial charge < -0.3 is 5.11 Å². The Morgan fingerprint density at radius 2 is 1.40 bits per heavy atom. The molecule has 0 aromatic heterocycles. The highest BCUT2D eigenvalue weighted by molar-refractivity contribution is 6.15. The Hall–Kier alpha value is -2.42. The minimum Gasteiger partial charge on any atom is -0.478 e. The van der Waals surface area contributed by atoms with E-state index in [1.165, 1.54) is 6.07 Å². The van der Waals surface area contributed by atoms with Gasteiger partial charge in [0.2, 0.25) is 0 Å². The van der Waals surface area contributed by atoms with Gasteiger partial charge in [-0.15, -0.1) is 0 Å².